The number of thiophene rings is 1. The van der Waals surface area contributed by atoms with Crippen molar-refractivity contribution in [3.05, 3.63) is 40.3 Å². The van der Waals surface area contributed by atoms with Crippen molar-refractivity contribution in [1.29, 1.82) is 0 Å². The van der Waals surface area contributed by atoms with E-state index in [1.54, 1.807) is 0 Å². The van der Waals surface area contributed by atoms with E-state index in [9.17, 15) is 4.79 Å². The number of carbonyl (C=O) groups is 1. The molecular weight excluding hydrogens is 270 g/mol. The summed E-state index contributed by atoms with van der Waals surface area (Å²) in [6, 6.07) is 6.17. The zero-order valence-electron chi connectivity index (χ0n) is 12.0. The van der Waals surface area contributed by atoms with Crippen molar-refractivity contribution in [3.63, 3.8) is 0 Å². The summed E-state index contributed by atoms with van der Waals surface area (Å²) in [6.07, 6.45) is 0.800. The van der Waals surface area contributed by atoms with Gasteiger partial charge in [-0.15, -0.1) is 11.3 Å². The highest BCUT2D eigenvalue weighted by Crippen LogP contribution is 2.36. The molecule has 0 radical (unpaired) electrons. The van der Waals surface area contributed by atoms with Gasteiger partial charge in [0.05, 0.1) is 6.61 Å². The highest BCUT2D eigenvalue weighted by Gasteiger charge is 2.20. The van der Waals surface area contributed by atoms with Gasteiger partial charge >= 0.3 is 5.97 Å². The number of rotatable bonds is 4. The number of hydrogen-bond acceptors (Lipinski definition) is 4. The summed E-state index contributed by atoms with van der Waals surface area (Å²) in [5, 5.41) is 2.44. The van der Waals surface area contributed by atoms with Crippen molar-refractivity contribution in [2.45, 2.75) is 27.2 Å². The molecule has 106 valence electrons. The van der Waals surface area contributed by atoms with Gasteiger partial charge in [-0.3, -0.25) is 0 Å². The monoisotopic (exact) mass is 289 g/mol. The van der Waals surface area contributed by atoms with Crippen LogP contribution in [0.5, 0.6) is 0 Å². The molecule has 1 aromatic carbocycles. The molecule has 2 N–H and O–H groups in total. The number of ether oxygens (including phenoxy) is 1. The lowest BCUT2D eigenvalue weighted by Crippen LogP contribution is -2.08. The summed E-state index contributed by atoms with van der Waals surface area (Å²) in [7, 11) is 0. The van der Waals surface area contributed by atoms with Crippen LogP contribution < -0.4 is 5.73 Å². The van der Waals surface area contributed by atoms with Crippen LogP contribution in [0.2, 0.25) is 0 Å². The van der Waals surface area contributed by atoms with Gasteiger partial charge in [0.1, 0.15) is 10.6 Å². The van der Waals surface area contributed by atoms with Crippen molar-refractivity contribution in [3.8, 4) is 11.1 Å². The second-order valence-electron chi connectivity index (χ2n) is 4.84. The fourth-order valence-electron chi connectivity index (χ4n) is 2.16. The third-order valence-corrected chi connectivity index (χ3v) is 3.94. The summed E-state index contributed by atoms with van der Waals surface area (Å²) < 4.78 is 5.23. The predicted octanol–water partition coefficient (Wildman–Crippen LogP) is 4.18. The number of benzene rings is 1. The van der Waals surface area contributed by atoms with Gasteiger partial charge in [0, 0.05) is 10.9 Å². The highest BCUT2D eigenvalue weighted by atomic mass is 32.1. The first-order valence-corrected chi connectivity index (χ1v) is 7.54. The molecule has 0 aliphatic heterocycles. The number of aryl methyl sites for hydroxylation is 2. The molecule has 0 unspecified atom stereocenters. The van der Waals surface area contributed by atoms with E-state index in [2.05, 4.69) is 13.0 Å². The smallest absolute Gasteiger partial charge is 0.341 e. The molecule has 1 aromatic heterocycles. The van der Waals surface area contributed by atoms with Gasteiger partial charge < -0.3 is 10.5 Å². The van der Waals surface area contributed by atoms with Crippen LogP contribution >= 0.6 is 11.3 Å². The minimum atomic E-state index is -0.333. The van der Waals surface area contributed by atoms with Crippen LogP contribution in [0.4, 0.5) is 5.00 Å². The molecule has 0 saturated heterocycles. The maximum absolute atomic E-state index is 12.2. The van der Waals surface area contributed by atoms with Crippen LogP contribution in [-0.4, -0.2) is 12.6 Å². The van der Waals surface area contributed by atoms with Crippen LogP contribution in [0.3, 0.4) is 0 Å². The van der Waals surface area contributed by atoms with Crippen LogP contribution in [0, 0.1) is 13.8 Å². The first-order valence-electron chi connectivity index (χ1n) is 6.66. The maximum atomic E-state index is 12.2. The molecule has 2 rings (SSSR count). The Labute approximate surface area is 123 Å². The molecule has 1 heterocycles. The number of nitrogens with two attached hydrogens (primary N) is 1. The SMILES string of the molecule is CCCOC(=O)c1c(-c2ccc(C)cc2C)csc1N. The quantitative estimate of drug-likeness (QED) is 0.859. The standard InChI is InChI=1S/C16H19NO2S/c1-4-7-19-16(18)14-13(9-20-15(14)17)12-6-5-10(2)8-11(12)3/h5-6,8-9H,4,7,17H2,1-3H3. The molecule has 0 aliphatic rings. The van der Waals surface area contributed by atoms with Crippen molar-refractivity contribution in [1.82, 2.24) is 0 Å². The van der Waals surface area contributed by atoms with Crippen molar-refractivity contribution < 1.29 is 9.53 Å². The van der Waals surface area contributed by atoms with E-state index in [1.165, 1.54) is 16.9 Å². The summed E-state index contributed by atoms with van der Waals surface area (Å²) in [5.74, 6) is -0.333. The first-order chi connectivity index (χ1) is 9.54. The van der Waals surface area contributed by atoms with Crippen LogP contribution in [0.25, 0.3) is 11.1 Å². The van der Waals surface area contributed by atoms with Gasteiger partial charge in [-0.25, -0.2) is 4.79 Å². The zero-order valence-corrected chi connectivity index (χ0v) is 12.8. The van der Waals surface area contributed by atoms with Crippen LogP contribution in [-0.2, 0) is 4.74 Å². The zero-order chi connectivity index (χ0) is 14.7. The van der Waals surface area contributed by atoms with Crippen molar-refractivity contribution in [2.24, 2.45) is 0 Å². The normalized spacial score (nSPS) is 10.6. The molecule has 0 aliphatic carbocycles. The third kappa shape index (κ3) is 2.85. The van der Waals surface area contributed by atoms with E-state index in [0.717, 1.165) is 23.1 Å². The summed E-state index contributed by atoms with van der Waals surface area (Å²) >= 11 is 1.38. The van der Waals surface area contributed by atoms with E-state index >= 15 is 0 Å². The van der Waals surface area contributed by atoms with E-state index in [4.69, 9.17) is 10.5 Å². The molecule has 2 aromatic rings. The average Bonchev–Trinajstić information content (AvgIpc) is 2.78. The van der Waals surface area contributed by atoms with Gasteiger partial charge in [-0.1, -0.05) is 30.7 Å². The Hall–Kier alpha value is -1.81. The van der Waals surface area contributed by atoms with Gasteiger partial charge in [0.25, 0.3) is 0 Å². The minimum absolute atomic E-state index is 0.333. The Morgan fingerprint density at radius 3 is 2.70 bits per heavy atom. The van der Waals surface area contributed by atoms with E-state index in [1.807, 2.05) is 31.4 Å². The minimum Gasteiger partial charge on any atom is -0.462 e. The van der Waals surface area contributed by atoms with E-state index < -0.39 is 0 Å². The Bertz CT molecular complexity index is 631. The Kier molecular flexibility index (Phi) is 4.45. The topological polar surface area (TPSA) is 52.3 Å². The van der Waals surface area contributed by atoms with Gasteiger partial charge in [-0.05, 0) is 31.4 Å². The molecule has 0 amide bonds. The van der Waals surface area contributed by atoms with Gasteiger partial charge in [0.15, 0.2) is 0 Å². The maximum Gasteiger partial charge on any atom is 0.341 e. The molecule has 0 fully saturated rings. The third-order valence-electron chi connectivity index (χ3n) is 3.13. The highest BCUT2D eigenvalue weighted by molar-refractivity contribution is 7.15. The summed E-state index contributed by atoms with van der Waals surface area (Å²) in [4.78, 5) is 12.2. The predicted molar refractivity (Wildman–Crippen MR) is 84.2 cm³/mol. The Morgan fingerprint density at radius 2 is 2.05 bits per heavy atom. The lowest BCUT2D eigenvalue weighted by molar-refractivity contribution is 0.0508. The molecule has 4 heteroatoms. The molecule has 0 atom stereocenters. The van der Waals surface area contributed by atoms with Gasteiger partial charge in [0.2, 0.25) is 0 Å². The van der Waals surface area contributed by atoms with E-state index in [-0.39, 0.29) is 5.97 Å². The van der Waals surface area contributed by atoms with Crippen molar-refractivity contribution in [2.75, 3.05) is 12.3 Å². The largest absolute Gasteiger partial charge is 0.462 e. The Balaban J connectivity index is 2.45. The first kappa shape index (κ1) is 14.6. The second-order valence-corrected chi connectivity index (χ2v) is 5.75. The molecular formula is C16H19NO2S. The lowest BCUT2D eigenvalue weighted by atomic mass is 9.98. The fourth-order valence-corrected chi connectivity index (χ4v) is 2.97. The number of nitrogen functional groups attached to an aromatic ring is 1. The number of hydrogen-bond donors (Lipinski definition) is 1. The van der Waals surface area contributed by atoms with Gasteiger partial charge in [-0.2, -0.15) is 0 Å². The number of anilines is 1. The Morgan fingerprint density at radius 1 is 1.30 bits per heavy atom. The van der Waals surface area contributed by atoms with E-state index in [0.29, 0.717) is 17.2 Å². The lowest BCUT2D eigenvalue weighted by Gasteiger charge is -2.09. The molecule has 0 saturated carbocycles. The summed E-state index contributed by atoms with van der Waals surface area (Å²) in [5.41, 5.74) is 10.7. The summed E-state index contributed by atoms with van der Waals surface area (Å²) in [6.45, 7) is 6.47. The average molecular weight is 289 g/mol. The molecule has 3 nitrogen and oxygen atoms in total. The van der Waals surface area contributed by atoms with Crippen LogP contribution in [0.1, 0.15) is 34.8 Å². The fraction of sp³-hybridized carbons (Fsp3) is 0.312. The van der Waals surface area contributed by atoms with Crippen LogP contribution in [0.15, 0.2) is 23.6 Å². The molecule has 20 heavy (non-hydrogen) atoms. The number of carbonyl (C=O) groups excluding carboxylic acids is 1. The number of esters is 1. The van der Waals surface area contributed by atoms with Crippen molar-refractivity contribution >= 4 is 22.3 Å². The molecule has 0 spiro atoms. The second kappa shape index (κ2) is 6.09. The molecule has 0 bridgehead atoms.